The Morgan fingerprint density at radius 1 is 0.919 bits per heavy atom. The zero-order valence-electron chi connectivity index (χ0n) is 20.1. The number of benzene rings is 2. The normalized spacial score (nSPS) is 11.6. The third-order valence-corrected chi connectivity index (χ3v) is 6.71. The number of hydrogen-bond acceptors (Lipinski definition) is 8. The number of nitrogens with one attached hydrogen (secondary N) is 1. The van der Waals surface area contributed by atoms with Crippen LogP contribution in [0, 0.1) is 0 Å². The van der Waals surface area contributed by atoms with Crippen molar-refractivity contribution in [2.24, 2.45) is 0 Å². The van der Waals surface area contributed by atoms with Crippen molar-refractivity contribution in [2.45, 2.75) is 24.2 Å². The van der Waals surface area contributed by atoms with E-state index < -0.39 is 38.5 Å². The van der Waals surface area contributed by atoms with Crippen molar-refractivity contribution in [3.8, 4) is 28.5 Å². The first kappa shape index (κ1) is 27.7. The molecule has 3 rings (SSSR count). The summed E-state index contributed by atoms with van der Waals surface area (Å²) >= 11 is 0. The van der Waals surface area contributed by atoms with Crippen LogP contribution in [0.3, 0.4) is 0 Å². The number of methoxy groups -OCH3 is 3. The van der Waals surface area contributed by atoms with E-state index in [9.17, 15) is 26.4 Å². The van der Waals surface area contributed by atoms with Crippen LogP contribution in [0.25, 0.3) is 11.3 Å². The van der Waals surface area contributed by atoms with Gasteiger partial charge in [0.05, 0.1) is 32.8 Å². The predicted molar refractivity (Wildman–Crippen MR) is 128 cm³/mol. The number of rotatable bonds is 10. The minimum Gasteiger partial charge on any atom is -0.497 e. The highest BCUT2D eigenvalue weighted by Crippen LogP contribution is 2.35. The highest BCUT2D eigenvalue weighted by Gasteiger charge is 2.35. The fourth-order valence-electron chi connectivity index (χ4n) is 3.26. The van der Waals surface area contributed by atoms with Crippen molar-refractivity contribution >= 4 is 21.4 Å². The Morgan fingerprint density at radius 3 is 2.19 bits per heavy atom. The van der Waals surface area contributed by atoms with Crippen LogP contribution in [0.5, 0.6) is 17.2 Å². The lowest BCUT2D eigenvalue weighted by molar-refractivity contribution is -0.141. The van der Waals surface area contributed by atoms with E-state index >= 15 is 0 Å². The summed E-state index contributed by atoms with van der Waals surface area (Å²) < 4.78 is 81.6. The van der Waals surface area contributed by atoms with Crippen LogP contribution in [0.2, 0.25) is 0 Å². The summed E-state index contributed by atoms with van der Waals surface area (Å²) in [6, 6.07) is 11.4. The largest absolute Gasteiger partial charge is 0.497 e. The molecule has 1 N–H and O–H groups in total. The lowest BCUT2D eigenvalue weighted by atomic mass is 10.1. The van der Waals surface area contributed by atoms with Crippen LogP contribution in [-0.4, -0.2) is 51.4 Å². The summed E-state index contributed by atoms with van der Waals surface area (Å²) in [7, 11) is -0.110. The molecule has 2 aromatic carbocycles. The van der Waals surface area contributed by atoms with E-state index in [0.717, 1.165) is 0 Å². The van der Waals surface area contributed by atoms with Crippen molar-refractivity contribution in [3.05, 3.63) is 54.2 Å². The Kier molecular flexibility index (Phi) is 8.58. The fourth-order valence-corrected chi connectivity index (χ4v) is 4.45. The van der Waals surface area contributed by atoms with E-state index in [1.54, 1.807) is 24.3 Å². The van der Waals surface area contributed by atoms with Gasteiger partial charge in [-0.05, 0) is 55.0 Å². The Hall–Kier alpha value is -3.87. The Balaban J connectivity index is 1.80. The van der Waals surface area contributed by atoms with Gasteiger partial charge < -0.3 is 19.5 Å². The van der Waals surface area contributed by atoms with Gasteiger partial charge in [0.25, 0.3) is 0 Å². The number of carbonyl (C=O) groups is 1. The first-order chi connectivity index (χ1) is 17.5. The molecule has 0 aliphatic carbocycles. The summed E-state index contributed by atoms with van der Waals surface area (Å²) in [6.45, 7) is 0. The SMILES string of the molecule is COc1ccc(NC(=O)CCCS(=O)(=O)c2nc(-c3ccc(OC)c(OC)c3)cc(C(F)(F)F)n2)cc1. The summed E-state index contributed by atoms with van der Waals surface area (Å²) in [4.78, 5) is 19.3. The van der Waals surface area contributed by atoms with Crippen LogP contribution in [0.4, 0.5) is 18.9 Å². The molecule has 0 aliphatic heterocycles. The molecular weight excluding hydrogens is 515 g/mol. The molecule has 1 heterocycles. The lowest BCUT2D eigenvalue weighted by Gasteiger charge is -2.13. The molecule has 0 bridgehead atoms. The number of halogens is 3. The number of alkyl halides is 3. The number of ether oxygens (including phenoxy) is 3. The van der Waals surface area contributed by atoms with Gasteiger partial charge in [-0.15, -0.1) is 0 Å². The van der Waals surface area contributed by atoms with Gasteiger partial charge in [0.1, 0.15) is 11.4 Å². The first-order valence-electron chi connectivity index (χ1n) is 10.8. The summed E-state index contributed by atoms with van der Waals surface area (Å²) in [5, 5.41) is 1.62. The summed E-state index contributed by atoms with van der Waals surface area (Å²) in [5.74, 6) is 0.0564. The molecule has 198 valence electrons. The molecule has 37 heavy (non-hydrogen) atoms. The molecule has 1 aromatic heterocycles. The molecule has 13 heteroatoms. The second-order valence-corrected chi connectivity index (χ2v) is 9.69. The molecular formula is C24H24F3N3O6S. The molecule has 0 fully saturated rings. The van der Waals surface area contributed by atoms with Crippen LogP contribution in [-0.2, 0) is 20.8 Å². The zero-order chi connectivity index (χ0) is 27.2. The molecule has 9 nitrogen and oxygen atoms in total. The van der Waals surface area contributed by atoms with Gasteiger partial charge in [-0.2, -0.15) is 13.2 Å². The number of aromatic nitrogens is 2. The average Bonchev–Trinajstić information content (AvgIpc) is 2.87. The average molecular weight is 540 g/mol. The van der Waals surface area contributed by atoms with Crippen molar-refractivity contribution in [1.82, 2.24) is 9.97 Å². The maximum absolute atomic E-state index is 13.5. The molecule has 0 atom stereocenters. The zero-order valence-corrected chi connectivity index (χ0v) is 20.9. The maximum Gasteiger partial charge on any atom is 0.433 e. The minimum atomic E-state index is -4.92. The number of carbonyl (C=O) groups excluding carboxylic acids is 1. The quantitative estimate of drug-likeness (QED) is 0.378. The summed E-state index contributed by atoms with van der Waals surface area (Å²) in [5.41, 5.74) is -1.03. The van der Waals surface area contributed by atoms with Crippen LogP contribution in [0.15, 0.2) is 53.7 Å². The van der Waals surface area contributed by atoms with Gasteiger partial charge >= 0.3 is 6.18 Å². The predicted octanol–water partition coefficient (Wildman–Crippen LogP) is 4.38. The fraction of sp³-hybridized carbons (Fsp3) is 0.292. The van der Waals surface area contributed by atoms with E-state index in [1.165, 1.54) is 39.5 Å². The standard InChI is InChI=1S/C24H24F3N3O6S/c1-34-17-9-7-16(8-10-17)28-22(31)5-4-12-37(32,33)23-29-18(14-21(30-23)24(25,26)27)15-6-11-19(35-2)20(13-15)36-3/h6-11,13-14H,4-5,12H2,1-3H3,(H,28,31). The third-order valence-electron chi connectivity index (χ3n) is 5.14. The minimum absolute atomic E-state index is 0.157. The summed E-state index contributed by atoms with van der Waals surface area (Å²) in [6.07, 6.45) is -5.26. The van der Waals surface area contributed by atoms with E-state index in [0.29, 0.717) is 23.3 Å². The molecule has 0 saturated carbocycles. The van der Waals surface area contributed by atoms with Crippen LogP contribution < -0.4 is 19.5 Å². The van der Waals surface area contributed by atoms with Gasteiger partial charge in [-0.3, -0.25) is 4.79 Å². The van der Waals surface area contributed by atoms with Crippen molar-refractivity contribution < 1.29 is 40.6 Å². The lowest BCUT2D eigenvalue weighted by Crippen LogP contribution is -2.18. The number of anilines is 1. The third kappa shape index (κ3) is 7.09. The Labute approximate surface area is 211 Å². The molecule has 0 unspecified atom stereocenters. The van der Waals surface area contributed by atoms with Gasteiger partial charge in [-0.25, -0.2) is 18.4 Å². The smallest absolute Gasteiger partial charge is 0.433 e. The molecule has 0 saturated heterocycles. The van der Waals surface area contributed by atoms with E-state index in [2.05, 4.69) is 15.3 Å². The number of sulfone groups is 1. The van der Waals surface area contributed by atoms with Crippen LogP contribution >= 0.6 is 0 Å². The van der Waals surface area contributed by atoms with Crippen LogP contribution in [0.1, 0.15) is 18.5 Å². The number of amides is 1. The van der Waals surface area contributed by atoms with E-state index in [-0.39, 0.29) is 29.8 Å². The van der Waals surface area contributed by atoms with Crippen molar-refractivity contribution in [3.63, 3.8) is 0 Å². The molecule has 0 spiro atoms. The van der Waals surface area contributed by atoms with Gasteiger partial charge in [0.2, 0.25) is 20.9 Å². The van der Waals surface area contributed by atoms with Gasteiger partial charge in [0.15, 0.2) is 11.5 Å². The second kappa shape index (κ2) is 11.5. The molecule has 0 radical (unpaired) electrons. The monoisotopic (exact) mass is 539 g/mol. The second-order valence-electron chi connectivity index (χ2n) is 7.69. The Bertz CT molecular complexity index is 1360. The maximum atomic E-state index is 13.5. The van der Waals surface area contributed by atoms with Crippen molar-refractivity contribution in [2.75, 3.05) is 32.4 Å². The van der Waals surface area contributed by atoms with E-state index in [4.69, 9.17) is 14.2 Å². The van der Waals surface area contributed by atoms with E-state index in [1.807, 2.05) is 0 Å². The Morgan fingerprint density at radius 2 is 1.59 bits per heavy atom. The van der Waals surface area contributed by atoms with Crippen molar-refractivity contribution in [1.29, 1.82) is 0 Å². The molecule has 1 amide bonds. The topological polar surface area (TPSA) is 117 Å². The highest BCUT2D eigenvalue weighted by molar-refractivity contribution is 7.91. The molecule has 0 aliphatic rings. The highest BCUT2D eigenvalue weighted by atomic mass is 32.2. The number of hydrogen-bond donors (Lipinski definition) is 1. The van der Waals surface area contributed by atoms with Gasteiger partial charge in [-0.1, -0.05) is 0 Å². The number of nitrogens with zero attached hydrogens (tertiary/aromatic N) is 2. The molecule has 3 aromatic rings. The van der Waals surface area contributed by atoms with Gasteiger partial charge in [0, 0.05) is 17.7 Å². The first-order valence-corrected chi connectivity index (χ1v) is 12.5.